The summed E-state index contributed by atoms with van der Waals surface area (Å²) in [7, 11) is 1.64. The number of likely N-dealkylation sites (tertiary alicyclic amines) is 1. The van der Waals surface area contributed by atoms with E-state index in [-0.39, 0.29) is 11.8 Å². The van der Waals surface area contributed by atoms with Crippen LogP contribution in [0.4, 0.5) is 5.82 Å². The van der Waals surface area contributed by atoms with Crippen molar-refractivity contribution >= 4 is 11.7 Å². The summed E-state index contributed by atoms with van der Waals surface area (Å²) in [4.78, 5) is 26.7. The molecule has 0 spiro atoms. The average Bonchev–Trinajstić information content (AvgIpc) is 2.94. The molecule has 2 aliphatic heterocycles. The van der Waals surface area contributed by atoms with Crippen LogP contribution in [0.1, 0.15) is 34.8 Å². The number of nitrogens with zero attached hydrogens (tertiary/aromatic N) is 4. The summed E-state index contributed by atoms with van der Waals surface area (Å²) in [6.45, 7) is 4.32. The SMILES string of the molecule is COc1ccc(Oc2cccc([C@H]3CCCN(C(=O)c4ccnc(N5CCOCC5)c4)C3)n2)cc1. The van der Waals surface area contributed by atoms with Crippen molar-refractivity contribution in [3.05, 3.63) is 72.1 Å². The molecule has 0 bridgehead atoms. The van der Waals surface area contributed by atoms with Gasteiger partial charge in [0, 0.05) is 55.6 Å². The zero-order chi connectivity index (χ0) is 24.0. The van der Waals surface area contributed by atoms with Crippen molar-refractivity contribution in [2.75, 3.05) is 51.4 Å². The van der Waals surface area contributed by atoms with Crippen LogP contribution >= 0.6 is 0 Å². The largest absolute Gasteiger partial charge is 0.497 e. The quantitative estimate of drug-likeness (QED) is 0.532. The van der Waals surface area contributed by atoms with Gasteiger partial charge in [0.2, 0.25) is 5.88 Å². The maximum atomic E-state index is 13.4. The maximum absolute atomic E-state index is 13.4. The number of benzene rings is 1. The normalized spacial score (nSPS) is 18.3. The van der Waals surface area contributed by atoms with Crippen LogP contribution in [-0.4, -0.2) is 67.3 Å². The zero-order valence-electron chi connectivity index (χ0n) is 19.9. The predicted molar refractivity (Wildman–Crippen MR) is 132 cm³/mol. The second-order valence-electron chi connectivity index (χ2n) is 8.77. The molecule has 0 radical (unpaired) electrons. The molecule has 8 heteroatoms. The van der Waals surface area contributed by atoms with Crippen LogP contribution in [0, 0.1) is 0 Å². The highest BCUT2D eigenvalue weighted by Crippen LogP contribution is 2.29. The number of ether oxygens (including phenoxy) is 3. The molecule has 35 heavy (non-hydrogen) atoms. The van der Waals surface area contributed by atoms with Gasteiger partial charge in [0.05, 0.1) is 20.3 Å². The van der Waals surface area contributed by atoms with Crippen molar-refractivity contribution in [2.45, 2.75) is 18.8 Å². The maximum Gasteiger partial charge on any atom is 0.254 e. The first-order valence-corrected chi connectivity index (χ1v) is 12.1. The topological polar surface area (TPSA) is 77.0 Å². The third kappa shape index (κ3) is 5.54. The van der Waals surface area contributed by atoms with Crippen molar-refractivity contribution in [1.82, 2.24) is 14.9 Å². The first-order chi connectivity index (χ1) is 17.2. The Hall–Kier alpha value is -3.65. The van der Waals surface area contributed by atoms with Gasteiger partial charge in [-0.3, -0.25) is 4.79 Å². The fourth-order valence-electron chi connectivity index (χ4n) is 4.58. The lowest BCUT2D eigenvalue weighted by atomic mass is 9.94. The highest BCUT2D eigenvalue weighted by molar-refractivity contribution is 5.95. The van der Waals surface area contributed by atoms with Gasteiger partial charge in [-0.15, -0.1) is 0 Å². The van der Waals surface area contributed by atoms with Crippen LogP contribution < -0.4 is 14.4 Å². The van der Waals surface area contributed by atoms with Gasteiger partial charge in [-0.05, 0) is 55.3 Å². The lowest BCUT2D eigenvalue weighted by Crippen LogP contribution is -2.40. The van der Waals surface area contributed by atoms with Crippen molar-refractivity contribution in [1.29, 1.82) is 0 Å². The summed E-state index contributed by atoms with van der Waals surface area (Å²) in [5.41, 5.74) is 1.61. The number of anilines is 1. The van der Waals surface area contributed by atoms with E-state index >= 15 is 0 Å². The molecule has 2 aromatic heterocycles. The summed E-state index contributed by atoms with van der Waals surface area (Å²) in [6.07, 6.45) is 3.64. The van der Waals surface area contributed by atoms with Gasteiger partial charge in [-0.1, -0.05) is 6.07 Å². The summed E-state index contributed by atoms with van der Waals surface area (Å²) in [6, 6.07) is 16.9. The van der Waals surface area contributed by atoms with Gasteiger partial charge in [0.25, 0.3) is 5.91 Å². The molecule has 3 aromatic rings. The minimum Gasteiger partial charge on any atom is -0.497 e. The number of carbonyl (C=O) groups is 1. The van der Waals surface area contributed by atoms with E-state index in [2.05, 4.69) is 9.88 Å². The Kier molecular flexibility index (Phi) is 7.09. The average molecular weight is 475 g/mol. The third-order valence-corrected chi connectivity index (χ3v) is 6.48. The van der Waals surface area contributed by atoms with Gasteiger partial charge in [-0.25, -0.2) is 9.97 Å². The highest BCUT2D eigenvalue weighted by Gasteiger charge is 2.27. The minimum atomic E-state index is 0.0391. The Balaban J connectivity index is 1.26. The van der Waals surface area contributed by atoms with E-state index < -0.39 is 0 Å². The molecular weight excluding hydrogens is 444 g/mol. The molecule has 1 aromatic carbocycles. The minimum absolute atomic E-state index is 0.0391. The van der Waals surface area contributed by atoms with E-state index in [1.807, 2.05) is 53.4 Å². The number of piperidine rings is 1. The van der Waals surface area contributed by atoms with Gasteiger partial charge < -0.3 is 24.0 Å². The Bertz CT molecular complexity index is 1150. The molecule has 2 fully saturated rings. The van der Waals surface area contributed by atoms with E-state index in [4.69, 9.17) is 19.2 Å². The Morgan fingerprint density at radius 3 is 2.63 bits per heavy atom. The van der Waals surface area contributed by atoms with Gasteiger partial charge in [0.15, 0.2) is 0 Å². The molecule has 0 aliphatic carbocycles. The second kappa shape index (κ2) is 10.7. The summed E-state index contributed by atoms with van der Waals surface area (Å²) in [5.74, 6) is 3.05. The van der Waals surface area contributed by atoms with Crippen LogP contribution in [0.2, 0.25) is 0 Å². The lowest BCUT2D eigenvalue weighted by molar-refractivity contribution is 0.0705. The van der Waals surface area contributed by atoms with Crippen molar-refractivity contribution in [3.63, 3.8) is 0 Å². The monoisotopic (exact) mass is 474 g/mol. The summed E-state index contributed by atoms with van der Waals surface area (Å²) in [5, 5.41) is 0. The number of pyridine rings is 2. The van der Waals surface area contributed by atoms with E-state index in [0.29, 0.717) is 37.0 Å². The number of hydrogen-bond acceptors (Lipinski definition) is 7. The number of amides is 1. The number of morpholine rings is 1. The molecule has 0 unspecified atom stereocenters. The van der Waals surface area contributed by atoms with Crippen LogP contribution in [0.25, 0.3) is 0 Å². The van der Waals surface area contributed by atoms with E-state index in [0.717, 1.165) is 49.7 Å². The predicted octanol–water partition coefficient (Wildman–Crippen LogP) is 4.13. The van der Waals surface area contributed by atoms with Crippen molar-refractivity contribution in [3.8, 4) is 17.4 Å². The molecule has 2 aliphatic rings. The number of carbonyl (C=O) groups excluding carboxylic acids is 1. The van der Waals surface area contributed by atoms with Crippen LogP contribution in [0.3, 0.4) is 0 Å². The molecule has 1 amide bonds. The standard InChI is InChI=1S/C27H30N4O4/c1-33-22-7-9-23(10-8-22)35-26-6-2-5-24(29-26)21-4-3-13-31(19-21)27(32)20-11-12-28-25(18-20)30-14-16-34-17-15-30/h2,5-12,18,21H,3-4,13-17,19H2,1H3/t21-/m0/s1. The van der Waals surface area contributed by atoms with Crippen LogP contribution in [0.15, 0.2) is 60.8 Å². The number of aromatic nitrogens is 2. The molecule has 1 atom stereocenters. The van der Waals surface area contributed by atoms with Crippen LogP contribution in [0.5, 0.6) is 17.4 Å². The van der Waals surface area contributed by atoms with E-state index in [9.17, 15) is 4.79 Å². The van der Waals surface area contributed by atoms with Crippen molar-refractivity contribution < 1.29 is 19.0 Å². The van der Waals surface area contributed by atoms with Gasteiger partial charge in [-0.2, -0.15) is 0 Å². The fourth-order valence-corrected chi connectivity index (χ4v) is 4.58. The summed E-state index contributed by atoms with van der Waals surface area (Å²) >= 11 is 0. The molecule has 8 nitrogen and oxygen atoms in total. The van der Waals surface area contributed by atoms with Gasteiger partial charge in [0.1, 0.15) is 17.3 Å². The molecular formula is C27H30N4O4. The van der Waals surface area contributed by atoms with E-state index in [1.165, 1.54) is 0 Å². The molecule has 5 rings (SSSR count). The highest BCUT2D eigenvalue weighted by atomic mass is 16.5. The Labute approximate surface area is 205 Å². The number of hydrogen-bond donors (Lipinski definition) is 0. The third-order valence-electron chi connectivity index (χ3n) is 6.48. The Morgan fingerprint density at radius 1 is 1.03 bits per heavy atom. The smallest absolute Gasteiger partial charge is 0.254 e. The second-order valence-corrected chi connectivity index (χ2v) is 8.77. The molecule has 4 heterocycles. The molecule has 2 saturated heterocycles. The molecule has 0 saturated carbocycles. The number of rotatable bonds is 6. The van der Waals surface area contributed by atoms with Gasteiger partial charge >= 0.3 is 0 Å². The van der Waals surface area contributed by atoms with E-state index in [1.54, 1.807) is 19.4 Å². The fraction of sp³-hybridized carbons (Fsp3) is 0.370. The first-order valence-electron chi connectivity index (χ1n) is 12.1. The number of methoxy groups -OCH3 is 1. The Morgan fingerprint density at radius 2 is 1.83 bits per heavy atom. The molecule has 182 valence electrons. The first kappa shape index (κ1) is 23.1. The van der Waals surface area contributed by atoms with Crippen molar-refractivity contribution in [2.24, 2.45) is 0 Å². The zero-order valence-corrected chi connectivity index (χ0v) is 19.9. The summed E-state index contributed by atoms with van der Waals surface area (Å²) < 4.78 is 16.6. The lowest BCUT2D eigenvalue weighted by Gasteiger charge is -2.33. The van der Waals surface area contributed by atoms with Crippen LogP contribution in [-0.2, 0) is 4.74 Å². The molecule has 0 N–H and O–H groups in total.